The maximum absolute atomic E-state index is 13.7. The van der Waals surface area contributed by atoms with Crippen LogP contribution >= 0.6 is 15.9 Å². The molecule has 0 aliphatic heterocycles. The highest BCUT2D eigenvalue weighted by molar-refractivity contribution is 9.10. The van der Waals surface area contributed by atoms with Crippen LogP contribution in [0.4, 0.5) is 4.39 Å². The Morgan fingerprint density at radius 2 is 1.86 bits per heavy atom. The first-order valence-corrected chi connectivity index (χ1v) is 8.12. The maximum Gasteiger partial charge on any atom is 0.123 e. The summed E-state index contributed by atoms with van der Waals surface area (Å²) < 4.78 is 14.7. The number of rotatable bonds is 6. The van der Waals surface area contributed by atoms with Crippen LogP contribution in [0.25, 0.3) is 0 Å². The minimum Gasteiger partial charge on any atom is -0.310 e. The second-order valence-electron chi connectivity index (χ2n) is 5.40. The van der Waals surface area contributed by atoms with Crippen LogP contribution in [-0.4, -0.2) is 6.54 Å². The summed E-state index contributed by atoms with van der Waals surface area (Å²) >= 11 is 3.45. The summed E-state index contributed by atoms with van der Waals surface area (Å²) in [5.41, 5.74) is 3.22. The lowest BCUT2D eigenvalue weighted by atomic mass is 9.97. The van der Waals surface area contributed by atoms with E-state index in [1.807, 2.05) is 19.1 Å². The molecule has 2 aromatic carbocycles. The fourth-order valence-corrected chi connectivity index (χ4v) is 2.71. The molecule has 112 valence electrons. The van der Waals surface area contributed by atoms with E-state index >= 15 is 0 Å². The largest absolute Gasteiger partial charge is 0.310 e. The molecule has 0 aromatic heterocycles. The Hall–Kier alpha value is -1.19. The van der Waals surface area contributed by atoms with Gasteiger partial charge in [-0.25, -0.2) is 4.39 Å². The van der Waals surface area contributed by atoms with E-state index in [1.165, 1.54) is 5.56 Å². The molecule has 2 rings (SSSR count). The lowest BCUT2D eigenvalue weighted by molar-refractivity contribution is 0.524. The summed E-state index contributed by atoms with van der Waals surface area (Å²) in [5.74, 6) is -0.163. The zero-order chi connectivity index (χ0) is 15.2. The van der Waals surface area contributed by atoms with Gasteiger partial charge in [-0.3, -0.25) is 0 Å². The zero-order valence-corrected chi connectivity index (χ0v) is 14.1. The van der Waals surface area contributed by atoms with Crippen molar-refractivity contribution in [3.8, 4) is 0 Å². The highest BCUT2D eigenvalue weighted by Gasteiger charge is 2.13. The maximum atomic E-state index is 13.7. The van der Waals surface area contributed by atoms with Crippen LogP contribution in [0.5, 0.6) is 0 Å². The molecule has 1 nitrogen and oxygen atoms in total. The number of halogens is 2. The van der Waals surface area contributed by atoms with E-state index in [0.717, 1.165) is 35.0 Å². The zero-order valence-electron chi connectivity index (χ0n) is 12.5. The summed E-state index contributed by atoms with van der Waals surface area (Å²) in [4.78, 5) is 0. The van der Waals surface area contributed by atoms with Crippen molar-refractivity contribution in [2.24, 2.45) is 0 Å². The molecule has 1 unspecified atom stereocenters. The van der Waals surface area contributed by atoms with Crippen LogP contribution in [-0.2, 0) is 6.42 Å². The molecule has 0 aliphatic rings. The standard InChI is InChI=1S/C18H21BrFN/c1-3-8-21-18(11-14-4-6-16(19)7-5-14)15-9-13(2)10-17(20)12-15/h4-7,9-10,12,18,21H,3,8,11H2,1-2H3. The van der Waals surface area contributed by atoms with Crippen molar-refractivity contribution in [2.75, 3.05) is 6.54 Å². The van der Waals surface area contributed by atoms with Crippen LogP contribution < -0.4 is 5.32 Å². The number of nitrogens with one attached hydrogen (secondary N) is 1. The van der Waals surface area contributed by atoms with Crippen molar-refractivity contribution in [1.29, 1.82) is 0 Å². The first-order chi connectivity index (χ1) is 10.1. The van der Waals surface area contributed by atoms with E-state index in [0.29, 0.717) is 0 Å². The molecule has 0 saturated heterocycles. The van der Waals surface area contributed by atoms with Crippen LogP contribution in [0.3, 0.4) is 0 Å². The Labute approximate surface area is 134 Å². The predicted octanol–water partition coefficient (Wildman–Crippen LogP) is 5.18. The molecule has 0 spiro atoms. The Balaban J connectivity index is 2.22. The Kier molecular flexibility index (Phi) is 5.95. The normalized spacial score (nSPS) is 12.4. The monoisotopic (exact) mass is 349 g/mol. The first kappa shape index (κ1) is 16.2. The molecule has 0 amide bonds. The van der Waals surface area contributed by atoms with E-state index < -0.39 is 0 Å². The van der Waals surface area contributed by atoms with Gasteiger partial charge in [0.1, 0.15) is 5.82 Å². The molecule has 2 aromatic rings. The van der Waals surface area contributed by atoms with Crippen molar-refractivity contribution in [1.82, 2.24) is 5.32 Å². The van der Waals surface area contributed by atoms with Crippen molar-refractivity contribution in [2.45, 2.75) is 32.7 Å². The van der Waals surface area contributed by atoms with Gasteiger partial charge in [0.25, 0.3) is 0 Å². The molecule has 0 aliphatic carbocycles. The topological polar surface area (TPSA) is 12.0 Å². The van der Waals surface area contributed by atoms with Gasteiger partial charge in [-0.2, -0.15) is 0 Å². The molecule has 0 saturated carbocycles. The van der Waals surface area contributed by atoms with Crippen LogP contribution in [0, 0.1) is 12.7 Å². The van der Waals surface area contributed by atoms with Crippen LogP contribution in [0.15, 0.2) is 46.9 Å². The predicted molar refractivity (Wildman–Crippen MR) is 90.0 cm³/mol. The van der Waals surface area contributed by atoms with Gasteiger partial charge in [0.05, 0.1) is 0 Å². The quantitative estimate of drug-likeness (QED) is 0.757. The average Bonchev–Trinajstić information content (AvgIpc) is 2.44. The van der Waals surface area contributed by atoms with Crippen LogP contribution in [0.2, 0.25) is 0 Å². The summed E-state index contributed by atoms with van der Waals surface area (Å²) in [6, 6.07) is 13.7. The van der Waals surface area contributed by atoms with Gasteiger partial charge in [-0.15, -0.1) is 0 Å². The van der Waals surface area contributed by atoms with Gasteiger partial charge in [0, 0.05) is 10.5 Å². The molecule has 0 fully saturated rings. The van der Waals surface area contributed by atoms with Crippen molar-refractivity contribution >= 4 is 15.9 Å². The minimum absolute atomic E-state index is 0.139. The summed E-state index contributed by atoms with van der Waals surface area (Å²) in [7, 11) is 0. The third kappa shape index (κ3) is 4.94. The van der Waals surface area contributed by atoms with Crippen molar-refractivity contribution < 1.29 is 4.39 Å². The molecular formula is C18H21BrFN. The number of hydrogen-bond donors (Lipinski definition) is 1. The number of benzene rings is 2. The SMILES string of the molecule is CCCNC(Cc1ccc(Br)cc1)c1cc(C)cc(F)c1. The van der Waals surface area contributed by atoms with Gasteiger partial charge in [-0.1, -0.05) is 41.1 Å². The molecule has 0 heterocycles. The molecule has 1 N–H and O–H groups in total. The number of aryl methyl sites for hydroxylation is 1. The molecule has 0 radical (unpaired) electrons. The van der Waals surface area contributed by atoms with Gasteiger partial charge in [0.2, 0.25) is 0 Å². The second-order valence-corrected chi connectivity index (χ2v) is 6.31. The van der Waals surface area contributed by atoms with Crippen molar-refractivity contribution in [3.63, 3.8) is 0 Å². The lowest BCUT2D eigenvalue weighted by Gasteiger charge is -2.20. The average molecular weight is 350 g/mol. The van der Waals surface area contributed by atoms with E-state index in [2.05, 4.69) is 46.4 Å². The molecule has 3 heteroatoms. The Bertz CT molecular complexity index is 560. The first-order valence-electron chi connectivity index (χ1n) is 7.33. The number of hydrogen-bond acceptors (Lipinski definition) is 1. The molecular weight excluding hydrogens is 329 g/mol. The van der Waals surface area contributed by atoms with Crippen molar-refractivity contribution in [3.05, 3.63) is 69.4 Å². The second kappa shape index (κ2) is 7.71. The van der Waals surface area contributed by atoms with Gasteiger partial charge >= 0.3 is 0 Å². The molecule has 21 heavy (non-hydrogen) atoms. The highest BCUT2D eigenvalue weighted by Crippen LogP contribution is 2.22. The van der Waals surface area contributed by atoms with E-state index in [4.69, 9.17) is 0 Å². The van der Waals surface area contributed by atoms with Gasteiger partial charge in [0.15, 0.2) is 0 Å². The summed E-state index contributed by atoms with van der Waals surface area (Å²) in [5, 5.41) is 3.52. The fraction of sp³-hybridized carbons (Fsp3) is 0.333. The minimum atomic E-state index is -0.163. The molecule has 1 atom stereocenters. The smallest absolute Gasteiger partial charge is 0.123 e. The van der Waals surface area contributed by atoms with E-state index in [9.17, 15) is 4.39 Å². The lowest BCUT2D eigenvalue weighted by Crippen LogP contribution is -2.24. The Morgan fingerprint density at radius 3 is 2.48 bits per heavy atom. The summed E-state index contributed by atoms with van der Waals surface area (Å²) in [6.45, 7) is 5.00. The highest BCUT2D eigenvalue weighted by atomic mass is 79.9. The van der Waals surface area contributed by atoms with Gasteiger partial charge < -0.3 is 5.32 Å². The molecule has 0 bridgehead atoms. The summed E-state index contributed by atoms with van der Waals surface area (Å²) in [6.07, 6.45) is 1.92. The van der Waals surface area contributed by atoms with Gasteiger partial charge in [-0.05, 0) is 67.3 Å². The van der Waals surface area contributed by atoms with E-state index in [1.54, 1.807) is 12.1 Å². The third-order valence-corrected chi connectivity index (χ3v) is 3.99. The third-order valence-electron chi connectivity index (χ3n) is 3.46. The Morgan fingerprint density at radius 1 is 1.14 bits per heavy atom. The van der Waals surface area contributed by atoms with Crippen LogP contribution in [0.1, 0.15) is 36.1 Å². The fourth-order valence-electron chi connectivity index (χ4n) is 2.45. The van der Waals surface area contributed by atoms with E-state index in [-0.39, 0.29) is 11.9 Å².